The Morgan fingerprint density at radius 3 is 2.48 bits per heavy atom. The highest BCUT2D eigenvalue weighted by Crippen LogP contribution is 2.17. The second kappa shape index (κ2) is 7.47. The van der Waals surface area contributed by atoms with Gasteiger partial charge in [-0.25, -0.2) is 0 Å². The van der Waals surface area contributed by atoms with E-state index in [0.29, 0.717) is 5.56 Å². The van der Waals surface area contributed by atoms with Gasteiger partial charge in [0, 0.05) is 24.5 Å². The van der Waals surface area contributed by atoms with Gasteiger partial charge in [0.05, 0.1) is 11.7 Å². The van der Waals surface area contributed by atoms with E-state index in [-0.39, 0.29) is 18.4 Å². The van der Waals surface area contributed by atoms with Gasteiger partial charge in [-0.1, -0.05) is 44.2 Å². The number of aromatic nitrogens is 1. The first-order valence-electron chi connectivity index (χ1n) is 8.07. The van der Waals surface area contributed by atoms with Crippen LogP contribution >= 0.6 is 0 Å². The number of carbonyl (C=O) groups is 1. The Bertz CT molecular complexity index is 660. The van der Waals surface area contributed by atoms with Gasteiger partial charge in [0.25, 0.3) is 5.91 Å². The summed E-state index contributed by atoms with van der Waals surface area (Å²) >= 11 is 0. The first kappa shape index (κ1) is 17.3. The maximum absolute atomic E-state index is 12.4. The van der Waals surface area contributed by atoms with E-state index in [2.05, 4.69) is 22.0 Å². The Balaban J connectivity index is 2.12. The highest BCUT2D eigenvalue weighted by Gasteiger charge is 2.17. The average Bonchev–Trinajstić information content (AvgIpc) is 2.81. The van der Waals surface area contributed by atoms with Crippen LogP contribution in [0, 0.1) is 19.8 Å². The molecule has 0 aliphatic heterocycles. The second-order valence-electron chi connectivity index (χ2n) is 6.38. The lowest BCUT2D eigenvalue weighted by Gasteiger charge is -2.15. The Morgan fingerprint density at radius 1 is 1.22 bits per heavy atom. The van der Waals surface area contributed by atoms with Crippen LogP contribution in [0.1, 0.15) is 41.2 Å². The highest BCUT2D eigenvalue weighted by molar-refractivity contribution is 5.95. The summed E-state index contributed by atoms with van der Waals surface area (Å²) in [6.07, 6.45) is -0.522. The third-order valence-corrected chi connectivity index (χ3v) is 4.24. The topological polar surface area (TPSA) is 54.3 Å². The zero-order valence-electron chi connectivity index (χ0n) is 14.3. The van der Waals surface area contributed by atoms with Crippen molar-refractivity contribution in [3.8, 4) is 0 Å². The van der Waals surface area contributed by atoms with E-state index in [4.69, 9.17) is 0 Å². The summed E-state index contributed by atoms with van der Waals surface area (Å²) in [5, 5.41) is 12.6. The van der Waals surface area contributed by atoms with Crippen molar-refractivity contribution >= 4 is 5.91 Å². The molecule has 124 valence electrons. The van der Waals surface area contributed by atoms with Crippen LogP contribution in [0.4, 0.5) is 0 Å². The van der Waals surface area contributed by atoms with Crippen molar-refractivity contribution in [2.24, 2.45) is 5.92 Å². The van der Waals surface area contributed by atoms with Crippen LogP contribution in [-0.2, 0) is 6.54 Å². The Labute approximate surface area is 138 Å². The van der Waals surface area contributed by atoms with Gasteiger partial charge in [-0.2, -0.15) is 0 Å². The van der Waals surface area contributed by atoms with Crippen molar-refractivity contribution < 1.29 is 9.90 Å². The number of nitrogens with one attached hydrogen (secondary N) is 1. The largest absolute Gasteiger partial charge is 0.391 e. The lowest BCUT2D eigenvalue weighted by atomic mass is 10.1. The first-order chi connectivity index (χ1) is 10.9. The molecule has 1 amide bonds. The minimum atomic E-state index is -0.522. The Kier molecular flexibility index (Phi) is 5.61. The van der Waals surface area contributed by atoms with Crippen LogP contribution in [0.2, 0.25) is 0 Å². The van der Waals surface area contributed by atoms with Crippen LogP contribution in [0.15, 0.2) is 36.4 Å². The van der Waals surface area contributed by atoms with Crippen LogP contribution in [0.25, 0.3) is 0 Å². The predicted molar refractivity (Wildman–Crippen MR) is 92.6 cm³/mol. The molecule has 4 nitrogen and oxygen atoms in total. The molecule has 0 saturated heterocycles. The summed E-state index contributed by atoms with van der Waals surface area (Å²) < 4.78 is 2.14. The van der Waals surface area contributed by atoms with Crippen LogP contribution < -0.4 is 5.32 Å². The van der Waals surface area contributed by atoms with Crippen molar-refractivity contribution in [1.82, 2.24) is 9.88 Å². The Morgan fingerprint density at radius 2 is 1.87 bits per heavy atom. The minimum absolute atomic E-state index is 0.126. The molecular formula is C19H26N2O2. The number of aryl methyl sites for hydroxylation is 1. The molecule has 1 aromatic heterocycles. The van der Waals surface area contributed by atoms with E-state index in [9.17, 15) is 9.90 Å². The summed E-state index contributed by atoms with van der Waals surface area (Å²) in [6, 6.07) is 12.1. The molecular weight excluding hydrogens is 288 g/mol. The maximum Gasteiger partial charge on any atom is 0.253 e. The van der Waals surface area contributed by atoms with Crippen LogP contribution in [0.3, 0.4) is 0 Å². The predicted octanol–water partition coefficient (Wildman–Crippen LogP) is 2.90. The summed E-state index contributed by atoms with van der Waals surface area (Å²) in [7, 11) is 0. The average molecular weight is 314 g/mol. The van der Waals surface area contributed by atoms with Crippen LogP contribution in [-0.4, -0.2) is 28.2 Å². The number of aliphatic hydroxyl groups excluding tert-OH is 1. The fourth-order valence-corrected chi connectivity index (χ4v) is 2.57. The van der Waals surface area contributed by atoms with Crippen molar-refractivity contribution in [3.05, 3.63) is 58.9 Å². The molecule has 0 spiro atoms. The molecule has 0 saturated carbocycles. The monoisotopic (exact) mass is 314 g/mol. The molecule has 2 aromatic rings. The third-order valence-electron chi connectivity index (χ3n) is 4.24. The van der Waals surface area contributed by atoms with Crippen LogP contribution in [0.5, 0.6) is 0 Å². The van der Waals surface area contributed by atoms with Gasteiger partial charge in [0.1, 0.15) is 0 Å². The van der Waals surface area contributed by atoms with Gasteiger partial charge >= 0.3 is 0 Å². The van der Waals surface area contributed by atoms with Crippen molar-refractivity contribution in [2.75, 3.05) is 6.54 Å². The summed E-state index contributed by atoms with van der Waals surface area (Å²) in [4.78, 5) is 12.4. The normalized spacial score (nSPS) is 12.4. The van der Waals surface area contributed by atoms with Crippen molar-refractivity contribution in [3.63, 3.8) is 0 Å². The third kappa shape index (κ3) is 4.23. The molecule has 0 aliphatic carbocycles. The number of carbonyl (C=O) groups excluding carboxylic acids is 1. The molecule has 23 heavy (non-hydrogen) atoms. The molecule has 1 heterocycles. The SMILES string of the molecule is Cc1cc(C(=O)NCC(O)C(C)C)c(C)n1Cc1ccccc1. The molecule has 1 aromatic carbocycles. The zero-order valence-corrected chi connectivity index (χ0v) is 14.3. The molecule has 2 N–H and O–H groups in total. The molecule has 0 fully saturated rings. The molecule has 0 radical (unpaired) electrons. The summed E-state index contributed by atoms with van der Waals surface area (Å²) in [5.41, 5.74) is 3.88. The number of amides is 1. The number of hydrogen-bond acceptors (Lipinski definition) is 2. The van der Waals surface area contributed by atoms with Gasteiger partial charge in [0.2, 0.25) is 0 Å². The van der Waals surface area contributed by atoms with Crippen molar-refractivity contribution in [2.45, 2.75) is 40.3 Å². The highest BCUT2D eigenvalue weighted by atomic mass is 16.3. The van der Waals surface area contributed by atoms with Gasteiger partial charge < -0.3 is 15.0 Å². The number of aliphatic hydroxyl groups is 1. The number of benzene rings is 1. The van der Waals surface area contributed by atoms with E-state index in [0.717, 1.165) is 17.9 Å². The second-order valence-corrected chi connectivity index (χ2v) is 6.38. The van der Waals surface area contributed by atoms with E-state index in [1.807, 2.05) is 52.0 Å². The first-order valence-corrected chi connectivity index (χ1v) is 8.07. The standard InChI is InChI=1S/C19H26N2O2/c1-13(2)18(22)11-20-19(23)17-10-14(3)21(15(17)4)12-16-8-6-5-7-9-16/h5-10,13,18,22H,11-12H2,1-4H3,(H,20,23). The number of rotatable bonds is 6. The molecule has 1 atom stereocenters. The van der Waals surface area contributed by atoms with Gasteiger partial charge in [-0.05, 0) is 31.4 Å². The smallest absolute Gasteiger partial charge is 0.253 e. The maximum atomic E-state index is 12.4. The molecule has 1 unspecified atom stereocenters. The molecule has 4 heteroatoms. The molecule has 0 bridgehead atoms. The lowest BCUT2D eigenvalue weighted by molar-refractivity contribution is 0.0871. The quantitative estimate of drug-likeness (QED) is 0.861. The van der Waals surface area contributed by atoms with Gasteiger partial charge in [0.15, 0.2) is 0 Å². The zero-order chi connectivity index (χ0) is 17.0. The number of nitrogens with zero attached hydrogens (tertiary/aromatic N) is 1. The lowest BCUT2D eigenvalue weighted by Crippen LogP contribution is -2.34. The Hall–Kier alpha value is -2.07. The van der Waals surface area contributed by atoms with E-state index >= 15 is 0 Å². The van der Waals surface area contributed by atoms with Crippen molar-refractivity contribution in [1.29, 1.82) is 0 Å². The molecule has 2 rings (SSSR count). The molecule has 0 aliphatic rings. The van der Waals surface area contributed by atoms with E-state index in [1.54, 1.807) is 0 Å². The minimum Gasteiger partial charge on any atom is -0.391 e. The van der Waals surface area contributed by atoms with E-state index < -0.39 is 6.10 Å². The fourth-order valence-electron chi connectivity index (χ4n) is 2.57. The fraction of sp³-hybridized carbons (Fsp3) is 0.421. The van der Waals surface area contributed by atoms with Gasteiger partial charge in [-0.15, -0.1) is 0 Å². The summed E-state index contributed by atoms with van der Waals surface area (Å²) in [6.45, 7) is 8.86. The summed E-state index contributed by atoms with van der Waals surface area (Å²) in [5.74, 6) is -0.00192. The van der Waals surface area contributed by atoms with Gasteiger partial charge in [-0.3, -0.25) is 4.79 Å². The van der Waals surface area contributed by atoms with E-state index in [1.165, 1.54) is 5.56 Å². The number of hydrogen-bond donors (Lipinski definition) is 2.